The Morgan fingerprint density at radius 3 is 2.72 bits per heavy atom. The van der Waals surface area contributed by atoms with Crippen molar-refractivity contribution in [3.63, 3.8) is 0 Å². The van der Waals surface area contributed by atoms with E-state index in [-0.39, 0.29) is 18.5 Å². The summed E-state index contributed by atoms with van der Waals surface area (Å²) in [4.78, 5) is 14.5. The molecule has 0 aromatic heterocycles. The topological polar surface area (TPSA) is 76.2 Å². The molecule has 1 aromatic carbocycles. The van der Waals surface area contributed by atoms with Gasteiger partial charge in [0.2, 0.25) is 16.8 Å². The fourth-order valence-electron chi connectivity index (χ4n) is 3.04. The van der Waals surface area contributed by atoms with E-state index in [0.717, 1.165) is 6.42 Å². The Morgan fingerprint density at radius 2 is 1.92 bits per heavy atom. The standard InChI is InChI=1S/C17H24N2O5S/c1-2-3-11-25(21,22)19-8-4-7-18(9-10-19)17(20)14-5-6-15-16(12-14)24-13-23-15/h5-6,12H,2-4,7-11,13H2,1H3. The average molecular weight is 368 g/mol. The average Bonchev–Trinajstić information content (AvgIpc) is 2.93. The number of carbonyl (C=O) groups is 1. The molecule has 0 N–H and O–H groups in total. The Hall–Kier alpha value is -1.80. The van der Waals surface area contributed by atoms with Crippen LogP contribution in [0.2, 0.25) is 0 Å². The van der Waals surface area contributed by atoms with Crippen molar-refractivity contribution in [1.29, 1.82) is 0 Å². The molecule has 0 saturated carbocycles. The molecule has 1 saturated heterocycles. The number of unbranched alkanes of at least 4 members (excludes halogenated alkanes) is 1. The second-order valence-electron chi connectivity index (χ2n) is 6.28. The molecule has 0 radical (unpaired) electrons. The largest absolute Gasteiger partial charge is 0.454 e. The molecule has 1 aromatic rings. The van der Waals surface area contributed by atoms with Crippen LogP contribution < -0.4 is 9.47 Å². The third kappa shape index (κ3) is 4.07. The molecule has 1 amide bonds. The first kappa shape index (κ1) is 18.0. The monoisotopic (exact) mass is 368 g/mol. The van der Waals surface area contributed by atoms with Crippen LogP contribution in [-0.4, -0.2) is 62.3 Å². The van der Waals surface area contributed by atoms with E-state index in [2.05, 4.69) is 0 Å². The number of hydrogen-bond acceptors (Lipinski definition) is 5. The van der Waals surface area contributed by atoms with E-state index in [4.69, 9.17) is 9.47 Å². The predicted molar refractivity (Wildman–Crippen MR) is 93.4 cm³/mol. The molecular formula is C17H24N2O5S. The summed E-state index contributed by atoms with van der Waals surface area (Å²) in [5.74, 6) is 1.29. The SMILES string of the molecule is CCCCS(=O)(=O)N1CCCN(C(=O)c2ccc3c(c2)OCO3)CC1. The molecule has 3 rings (SSSR count). The number of amides is 1. The van der Waals surface area contributed by atoms with Gasteiger partial charge in [0, 0.05) is 31.7 Å². The highest BCUT2D eigenvalue weighted by Gasteiger charge is 2.27. The second-order valence-corrected chi connectivity index (χ2v) is 8.37. The van der Waals surface area contributed by atoms with Gasteiger partial charge in [-0.1, -0.05) is 13.3 Å². The summed E-state index contributed by atoms with van der Waals surface area (Å²) in [6, 6.07) is 5.14. The Bertz CT molecular complexity index is 735. The summed E-state index contributed by atoms with van der Waals surface area (Å²) in [6.07, 6.45) is 2.15. The van der Waals surface area contributed by atoms with E-state index in [9.17, 15) is 13.2 Å². The molecule has 8 heteroatoms. The number of carbonyl (C=O) groups excluding carboxylic acids is 1. The van der Waals surface area contributed by atoms with Gasteiger partial charge in [-0.25, -0.2) is 12.7 Å². The van der Waals surface area contributed by atoms with Crippen LogP contribution in [0.4, 0.5) is 0 Å². The van der Waals surface area contributed by atoms with E-state index in [0.29, 0.717) is 56.1 Å². The van der Waals surface area contributed by atoms with Crippen LogP contribution in [-0.2, 0) is 10.0 Å². The number of sulfonamides is 1. The molecule has 138 valence electrons. The van der Waals surface area contributed by atoms with Gasteiger partial charge in [0.25, 0.3) is 5.91 Å². The molecule has 0 spiro atoms. The zero-order valence-corrected chi connectivity index (χ0v) is 15.3. The number of nitrogens with zero attached hydrogens (tertiary/aromatic N) is 2. The van der Waals surface area contributed by atoms with Crippen molar-refractivity contribution in [2.24, 2.45) is 0 Å². The van der Waals surface area contributed by atoms with Crippen LogP contribution in [0, 0.1) is 0 Å². The van der Waals surface area contributed by atoms with Gasteiger partial charge in [-0.3, -0.25) is 4.79 Å². The third-order valence-corrected chi connectivity index (χ3v) is 6.47. The zero-order valence-electron chi connectivity index (χ0n) is 14.4. The molecular weight excluding hydrogens is 344 g/mol. The van der Waals surface area contributed by atoms with Crippen molar-refractivity contribution in [1.82, 2.24) is 9.21 Å². The molecule has 2 aliphatic rings. The number of rotatable bonds is 5. The van der Waals surface area contributed by atoms with E-state index in [1.807, 2.05) is 6.92 Å². The quantitative estimate of drug-likeness (QED) is 0.791. The number of ether oxygens (including phenoxy) is 2. The molecule has 2 heterocycles. The minimum atomic E-state index is -3.23. The lowest BCUT2D eigenvalue weighted by molar-refractivity contribution is 0.0764. The van der Waals surface area contributed by atoms with Gasteiger partial charge in [0.15, 0.2) is 11.5 Å². The van der Waals surface area contributed by atoms with Crippen LogP contribution in [0.1, 0.15) is 36.5 Å². The van der Waals surface area contributed by atoms with Gasteiger partial charge in [-0.2, -0.15) is 0 Å². The predicted octanol–water partition coefficient (Wildman–Crippen LogP) is 1.69. The summed E-state index contributed by atoms with van der Waals surface area (Å²) < 4.78 is 36.8. The van der Waals surface area contributed by atoms with Gasteiger partial charge in [-0.15, -0.1) is 0 Å². The molecule has 2 aliphatic heterocycles. The van der Waals surface area contributed by atoms with Crippen molar-refractivity contribution in [2.45, 2.75) is 26.2 Å². The van der Waals surface area contributed by atoms with Crippen molar-refractivity contribution in [3.8, 4) is 11.5 Å². The summed E-state index contributed by atoms with van der Waals surface area (Å²) in [6.45, 7) is 3.91. The first-order valence-corrected chi connectivity index (χ1v) is 10.3. The minimum absolute atomic E-state index is 0.105. The van der Waals surface area contributed by atoms with Gasteiger partial charge in [-0.05, 0) is 31.0 Å². The van der Waals surface area contributed by atoms with Gasteiger partial charge in [0.1, 0.15) is 0 Å². The molecule has 1 fully saturated rings. The smallest absolute Gasteiger partial charge is 0.254 e. The minimum Gasteiger partial charge on any atom is -0.454 e. The van der Waals surface area contributed by atoms with E-state index in [1.54, 1.807) is 23.1 Å². The fraction of sp³-hybridized carbons (Fsp3) is 0.588. The van der Waals surface area contributed by atoms with Crippen molar-refractivity contribution >= 4 is 15.9 Å². The maximum Gasteiger partial charge on any atom is 0.254 e. The highest BCUT2D eigenvalue weighted by molar-refractivity contribution is 7.89. The van der Waals surface area contributed by atoms with Crippen molar-refractivity contribution in [3.05, 3.63) is 23.8 Å². The fourth-order valence-corrected chi connectivity index (χ4v) is 4.72. The first-order chi connectivity index (χ1) is 12.0. The van der Waals surface area contributed by atoms with Crippen LogP contribution in [0.25, 0.3) is 0 Å². The van der Waals surface area contributed by atoms with Crippen LogP contribution in [0.15, 0.2) is 18.2 Å². The second kappa shape index (κ2) is 7.61. The van der Waals surface area contributed by atoms with E-state index >= 15 is 0 Å². The van der Waals surface area contributed by atoms with Crippen molar-refractivity contribution < 1.29 is 22.7 Å². The maximum atomic E-state index is 12.7. The Morgan fingerprint density at radius 1 is 1.12 bits per heavy atom. The van der Waals surface area contributed by atoms with Crippen LogP contribution in [0.3, 0.4) is 0 Å². The lowest BCUT2D eigenvalue weighted by Gasteiger charge is -2.22. The van der Waals surface area contributed by atoms with Gasteiger partial charge in [0.05, 0.1) is 5.75 Å². The van der Waals surface area contributed by atoms with Crippen LogP contribution in [0.5, 0.6) is 11.5 Å². The summed E-state index contributed by atoms with van der Waals surface area (Å²) in [5.41, 5.74) is 0.534. The Labute approximate surface area is 148 Å². The summed E-state index contributed by atoms with van der Waals surface area (Å²) in [7, 11) is -3.23. The highest BCUT2D eigenvalue weighted by Crippen LogP contribution is 2.32. The Balaban J connectivity index is 1.65. The molecule has 25 heavy (non-hydrogen) atoms. The van der Waals surface area contributed by atoms with Gasteiger partial charge >= 0.3 is 0 Å². The molecule has 0 atom stereocenters. The summed E-state index contributed by atoms with van der Waals surface area (Å²) >= 11 is 0. The maximum absolute atomic E-state index is 12.7. The third-order valence-electron chi connectivity index (χ3n) is 4.51. The lowest BCUT2D eigenvalue weighted by Crippen LogP contribution is -2.38. The summed E-state index contributed by atoms with van der Waals surface area (Å²) in [5, 5.41) is 0. The number of benzene rings is 1. The lowest BCUT2D eigenvalue weighted by atomic mass is 10.1. The van der Waals surface area contributed by atoms with Gasteiger partial charge < -0.3 is 14.4 Å². The molecule has 0 unspecified atom stereocenters. The molecule has 0 bridgehead atoms. The Kier molecular flexibility index (Phi) is 5.48. The van der Waals surface area contributed by atoms with E-state index in [1.165, 1.54) is 4.31 Å². The van der Waals surface area contributed by atoms with Crippen LogP contribution >= 0.6 is 0 Å². The zero-order chi connectivity index (χ0) is 17.9. The van der Waals surface area contributed by atoms with E-state index < -0.39 is 10.0 Å². The highest BCUT2D eigenvalue weighted by atomic mass is 32.2. The molecule has 7 nitrogen and oxygen atoms in total. The number of hydrogen-bond donors (Lipinski definition) is 0. The van der Waals surface area contributed by atoms with Crippen molar-refractivity contribution in [2.75, 3.05) is 38.7 Å². The molecule has 0 aliphatic carbocycles. The normalized spacial score (nSPS) is 18.2. The first-order valence-electron chi connectivity index (χ1n) is 8.68. The number of fused-ring (bicyclic) bond motifs is 1.